The number of carbonyl (C=O) groups is 1. The number of ether oxygens (including phenoxy) is 1. The molecule has 0 fully saturated rings. The summed E-state index contributed by atoms with van der Waals surface area (Å²) in [5.41, 5.74) is -1.50. The first kappa shape index (κ1) is 12.4. The Morgan fingerprint density at radius 3 is 2.56 bits per heavy atom. The van der Waals surface area contributed by atoms with Crippen LogP contribution in [0.15, 0.2) is 12.1 Å². The van der Waals surface area contributed by atoms with Gasteiger partial charge in [-0.3, -0.25) is 4.79 Å². The van der Waals surface area contributed by atoms with Crippen molar-refractivity contribution in [1.82, 2.24) is 4.98 Å². The Balaban J connectivity index is 3.04. The number of rotatable bonds is 2. The van der Waals surface area contributed by atoms with Gasteiger partial charge in [0.2, 0.25) is 5.95 Å². The first-order valence-electron chi connectivity index (χ1n) is 4.13. The molecule has 1 aromatic rings. The number of methoxy groups -OCH3 is 1. The van der Waals surface area contributed by atoms with Gasteiger partial charge in [0, 0.05) is 0 Å². The summed E-state index contributed by atoms with van der Waals surface area (Å²) in [6, 6.07) is 1.37. The van der Waals surface area contributed by atoms with Gasteiger partial charge in [-0.1, -0.05) is 0 Å². The molecule has 0 amide bonds. The summed E-state index contributed by atoms with van der Waals surface area (Å²) in [7, 11) is 1.09. The molecule has 0 bridgehead atoms. The molecule has 7 heteroatoms. The van der Waals surface area contributed by atoms with Crippen LogP contribution >= 0.6 is 0 Å². The van der Waals surface area contributed by atoms with Gasteiger partial charge in [0.15, 0.2) is 0 Å². The summed E-state index contributed by atoms with van der Waals surface area (Å²) in [5.74, 6) is -2.03. The van der Waals surface area contributed by atoms with Crippen LogP contribution in [0.1, 0.15) is 11.3 Å². The van der Waals surface area contributed by atoms with Crippen molar-refractivity contribution in [3.8, 4) is 0 Å². The first-order valence-corrected chi connectivity index (χ1v) is 4.13. The fraction of sp³-hybridized carbons (Fsp3) is 0.333. The molecule has 0 aliphatic carbocycles. The molecule has 0 unspecified atom stereocenters. The van der Waals surface area contributed by atoms with E-state index in [9.17, 15) is 22.4 Å². The summed E-state index contributed by atoms with van der Waals surface area (Å²) in [4.78, 5) is 13.5. The highest BCUT2D eigenvalue weighted by Gasteiger charge is 2.33. The van der Waals surface area contributed by atoms with Gasteiger partial charge < -0.3 is 4.74 Å². The molecular weight excluding hydrogens is 230 g/mol. The Morgan fingerprint density at radius 1 is 1.44 bits per heavy atom. The number of alkyl halides is 3. The van der Waals surface area contributed by atoms with Crippen molar-refractivity contribution < 1.29 is 27.1 Å². The fourth-order valence-electron chi connectivity index (χ4n) is 1.04. The predicted octanol–water partition coefficient (Wildman–Crippen LogP) is 1.96. The maximum atomic E-state index is 12.7. The van der Waals surface area contributed by atoms with E-state index in [0.717, 1.165) is 13.2 Å². The minimum absolute atomic E-state index is 0.133. The van der Waals surface area contributed by atoms with E-state index in [0.29, 0.717) is 6.07 Å². The van der Waals surface area contributed by atoms with Crippen molar-refractivity contribution in [2.24, 2.45) is 0 Å². The largest absolute Gasteiger partial charge is 0.469 e. The normalized spacial score (nSPS) is 11.3. The van der Waals surface area contributed by atoms with Crippen LogP contribution in [-0.4, -0.2) is 18.1 Å². The molecule has 0 aliphatic heterocycles. The highest BCUT2D eigenvalue weighted by Crippen LogP contribution is 2.28. The van der Waals surface area contributed by atoms with Crippen LogP contribution in [-0.2, 0) is 22.1 Å². The number of hydrogen-bond acceptors (Lipinski definition) is 3. The lowest BCUT2D eigenvalue weighted by Crippen LogP contribution is -2.12. The molecule has 0 aromatic carbocycles. The third kappa shape index (κ3) is 3.18. The first-order chi connectivity index (χ1) is 7.32. The lowest BCUT2D eigenvalue weighted by Gasteiger charge is -2.07. The van der Waals surface area contributed by atoms with E-state index in [1.807, 2.05) is 0 Å². The lowest BCUT2D eigenvalue weighted by atomic mass is 10.1. The van der Waals surface area contributed by atoms with E-state index < -0.39 is 30.2 Å². The molecule has 1 heterocycles. The predicted molar refractivity (Wildman–Crippen MR) is 44.9 cm³/mol. The molecule has 0 saturated carbocycles. The van der Waals surface area contributed by atoms with Crippen molar-refractivity contribution in [2.75, 3.05) is 7.11 Å². The standard InChI is InChI=1S/C9H7F4NO2/c1-16-8(15)4-5-2-6(9(11,12)13)14-7(10)3-5/h2-3H,4H2,1H3. The Bertz CT molecular complexity index is 403. The zero-order chi connectivity index (χ0) is 12.3. The Kier molecular flexibility index (Phi) is 3.46. The van der Waals surface area contributed by atoms with Crippen molar-refractivity contribution in [1.29, 1.82) is 0 Å². The van der Waals surface area contributed by atoms with Gasteiger partial charge in [-0.05, 0) is 17.7 Å². The minimum atomic E-state index is -4.74. The van der Waals surface area contributed by atoms with Gasteiger partial charge in [-0.25, -0.2) is 4.98 Å². The molecule has 0 radical (unpaired) electrons. The summed E-state index contributed by atoms with van der Waals surface area (Å²) in [6.07, 6.45) is -5.17. The second-order valence-corrected chi connectivity index (χ2v) is 2.93. The van der Waals surface area contributed by atoms with E-state index in [4.69, 9.17) is 0 Å². The lowest BCUT2D eigenvalue weighted by molar-refractivity contribution is -0.142. The molecule has 0 saturated heterocycles. The second-order valence-electron chi connectivity index (χ2n) is 2.93. The van der Waals surface area contributed by atoms with Gasteiger partial charge in [-0.15, -0.1) is 0 Å². The maximum absolute atomic E-state index is 12.7. The zero-order valence-electron chi connectivity index (χ0n) is 8.14. The highest BCUT2D eigenvalue weighted by molar-refractivity contribution is 5.72. The van der Waals surface area contributed by atoms with E-state index in [1.54, 1.807) is 0 Å². The number of carbonyl (C=O) groups excluding carboxylic acids is 1. The molecule has 1 rings (SSSR count). The molecule has 0 atom stereocenters. The molecule has 88 valence electrons. The monoisotopic (exact) mass is 237 g/mol. The van der Waals surface area contributed by atoms with Gasteiger partial charge >= 0.3 is 12.1 Å². The quantitative estimate of drug-likeness (QED) is 0.448. The van der Waals surface area contributed by atoms with Crippen molar-refractivity contribution in [3.05, 3.63) is 29.3 Å². The van der Waals surface area contributed by atoms with Crippen LogP contribution < -0.4 is 0 Å². The number of nitrogens with zero attached hydrogens (tertiary/aromatic N) is 1. The SMILES string of the molecule is COC(=O)Cc1cc(F)nc(C(F)(F)F)c1. The summed E-state index contributed by atoms with van der Waals surface area (Å²) < 4.78 is 53.7. The van der Waals surface area contributed by atoms with Crippen LogP contribution in [0, 0.1) is 5.95 Å². The molecule has 3 nitrogen and oxygen atoms in total. The van der Waals surface area contributed by atoms with Crippen LogP contribution in [0.3, 0.4) is 0 Å². The Hall–Kier alpha value is -1.66. The van der Waals surface area contributed by atoms with Gasteiger partial charge in [0.25, 0.3) is 0 Å². The molecule has 0 N–H and O–H groups in total. The van der Waals surface area contributed by atoms with E-state index in [-0.39, 0.29) is 5.56 Å². The van der Waals surface area contributed by atoms with Crippen LogP contribution in [0.25, 0.3) is 0 Å². The average molecular weight is 237 g/mol. The van der Waals surface area contributed by atoms with Gasteiger partial charge in [0.1, 0.15) is 5.69 Å². The molecule has 0 aliphatic rings. The van der Waals surface area contributed by atoms with Crippen molar-refractivity contribution in [2.45, 2.75) is 12.6 Å². The number of pyridine rings is 1. The Morgan fingerprint density at radius 2 is 2.06 bits per heavy atom. The molecule has 0 spiro atoms. The number of esters is 1. The summed E-state index contributed by atoms with van der Waals surface area (Å²) in [6.45, 7) is 0. The topological polar surface area (TPSA) is 39.2 Å². The molecule has 16 heavy (non-hydrogen) atoms. The summed E-state index contributed by atoms with van der Waals surface area (Å²) >= 11 is 0. The van der Waals surface area contributed by atoms with Gasteiger partial charge in [0.05, 0.1) is 13.5 Å². The fourth-order valence-corrected chi connectivity index (χ4v) is 1.04. The van der Waals surface area contributed by atoms with E-state index >= 15 is 0 Å². The third-order valence-electron chi connectivity index (χ3n) is 1.72. The van der Waals surface area contributed by atoms with Crippen LogP contribution in [0.4, 0.5) is 17.6 Å². The van der Waals surface area contributed by atoms with E-state index in [1.165, 1.54) is 0 Å². The number of aromatic nitrogens is 1. The molecule has 1 aromatic heterocycles. The highest BCUT2D eigenvalue weighted by atomic mass is 19.4. The smallest absolute Gasteiger partial charge is 0.433 e. The van der Waals surface area contributed by atoms with E-state index in [2.05, 4.69) is 9.72 Å². The zero-order valence-corrected chi connectivity index (χ0v) is 8.14. The second kappa shape index (κ2) is 4.46. The molecular formula is C9H7F4NO2. The van der Waals surface area contributed by atoms with Crippen molar-refractivity contribution in [3.63, 3.8) is 0 Å². The minimum Gasteiger partial charge on any atom is -0.469 e. The summed E-state index contributed by atoms with van der Waals surface area (Å²) in [5, 5.41) is 0. The third-order valence-corrected chi connectivity index (χ3v) is 1.72. The van der Waals surface area contributed by atoms with Gasteiger partial charge in [-0.2, -0.15) is 17.6 Å². The number of halogens is 4. The van der Waals surface area contributed by atoms with Crippen LogP contribution in [0.5, 0.6) is 0 Å². The average Bonchev–Trinajstić information content (AvgIpc) is 2.15. The number of hydrogen-bond donors (Lipinski definition) is 0. The Labute approximate surface area is 88.0 Å². The maximum Gasteiger partial charge on any atom is 0.433 e. The van der Waals surface area contributed by atoms with Crippen LogP contribution in [0.2, 0.25) is 0 Å². The van der Waals surface area contributed by atoms with Crippen molar-refractivity contribution >= 4 is 5.97 Å².